The topological polar surface area (TPSA) is 251 Å². The van der Waals surface area contributed by atoms with E-state index in [1.54, 1.807) is 13.8 Å². The predicted octanol–water partition coefficient (Wildman–Crippen LogP) is -2.59. The Morgan fingerprint density at radius 2 is 1.38 bits per heavy atom. The molecule has 0 aliphatic carbocycles. The average molecular weight is 490 g/mol. The number of nitrogens with one attached hydrogen (secondary N) is 3. The van der Waals surface area contributed by atoms with Gasteiger partial charge >= 0.3 is 11.9 Å². The van der Waals surface area contributed by atoms with Crippen molar-refractivity contribution in [3.8, 4) is 0 Å². The smallest absolute Gasteiger partial charge is 0.326 e. The number of aliphatic hydroxyl groups is 1. The minimum absolute atomic E-state index is 0.112. The van der Waals surface area contributed by atoms with Gasteiger partial charge in [0, 0.05) is 12.8 Å². The molecule has 0 radical (unpaired) electrons. The summed E-state index contributed by atoms with van der Waals surface area (Å²) in [6.07, 6.45) is -2.21. The highest BCUT2D eigenvalue weighted by atomic mass is 16.4. The number of nitrogens with two attached hydrogens (primary N) is 2. The van der Waals surface area contributed by atoms with Crippen LogP contribution in [0, 0.1) is 5.92 Å². The van der Waals surface area contributed by atoms with E-state index in [2.05, 4.69) is 16.0 Å². The third kappa shape index (κ3) is 11.0. The van der Waals surface area contributed by atoms with Crippen LogP contribution in [0.2, 0.25) is 0 Å². The third-order valence-electron chi connectivity index (χ3n) is 5.16. The highest BCUT2D eigenvalue weighted by molar-refractivity contribution is 5.94. The van der Waals surface area contributed by atoms with E-state index in [-0.39, 0.29) is 19.3 Å². The number of carbonyl (C=O) groups excluding carboxylic acids is 4. The van der Waals surface area contributed by atoms with Gasteiger partial charge in [-0.3, -0.25) is 24.0 Å². The average Bonchev–Trinajstić information content (AvgIpc) is 2.74. The molecule has 0 saturated carbocycles. The number of hydrogen-bond acceptors (Lipinski definition) is 8. The summed E-state index contributed by atoms with van der Waals surface area (Å²) >= 11 is 0. The van der Waals surface area contributed by atoms with Crippen molar-refractivity contribution in [2.24, 2.45) is 17.4 Å². The van der Waals surface area contributed by atoms with Crippen molar-refractivity contribution >= 4 is 35.6 Å². The fraction of sp³-hybridized carbons (Fsp3) is 0.700. The number of carbonyl (C=O) groups is 6. The monoisotopic (exact) mass is 489 g/mol. The predicted molar refractivity (Wildman–Crippen MR) is 118 cm³/mol. The first-order chi connectivity index (χ1) is 15.7. The molecule has 0 bridgehead atoms. The van der Waals surface area contributed by atoms with E-state index < -0.39 is 78.2 Å². The second-order valence-electron chi connectivity index (χ2n) is 8.04. The van der Waals surface area contributed by atoms with Gasteiger partial charge in [0.2, 0.25) is 23.6 Å². The molecule has 14 heteroatoms. The molecule has 0 aromatic rings. The van der Waals surface area contributed by atoms with Gasteiger partial charge in [-0.2, -0.15) is 0 Å². The molecule has 10 N–H and O–H groups in total. The van der Waals surface area contributed by atoms with E-state index >= 15 is 0 Å². The third-order valence-corrected chi connectivity index (χ3v) is 5.16. The fourth-order valence-electron chi connectivity index (χ4n) is 2.83. The van der Waals surface area contributed by atoms with Gasteiger partial charge in [-0.25, -0.2) is 4.79 Å². The van der Waals surface area contributed by atoms with E-state index in [0.717, 1.165) is 0 Å². The number of primary amides is 1. The number of carboxylic acid groups (broad SMARTS) is 2. The standard InChI is InChI=1S/C20H35N5O9/c1-4-9(2)15(20(33)34)24-19(32)16(10(3)26)25-18(31)12(6-8-14(28)29)23-17(30)11(21)5-7-13(22)27/h9-12,15-16,26H,4-8,21H2,1-3H3,(H2,22,27)(H,23,30)(H,24,32)(H,25,31)(H,28,29)(H,33,34). The van der Waals surface area contributed by atoms with Crippen LogP contribution >= 0.6 is 0 Å². The Balaban J connectivity index is 5.51. The summed E-state index contributed by atoms with van der Waals surface area (Å²) in [5, 5.41) is 35.1. The highest BCUT2D eigenvalue weighted by Crippen LogP contribution is 2.09. The molecule has 194 valence electrons. The Bertz CT molecular complexity index is 759. The Labute approximate surface area is 196 Å². The molecule has 0 aliphatic rings. The van der Waals surface area contributed by atoms with Crippen molar-refractivity contribution < 1.29 is 44.1 Å². The maximum absolute atomic E-state index is 12.8. The van der Waals surface area contributed by atoms with E-state index in [9.17, 15) is 39.0 Å². The molecule has 0 fully saturated rings. The Kier molecular flexibility index (Phi) is 13.4. The number of rotatable bonds is 16. The van der Waals surface area contributed by atoms with Crippen molar-refractivity contribution in [1.82, 2.24) is 16.0 Å². The lowest BCUT2D eigenvalue weighted by molar-refractivity contribution is -0.144. The van der Waals surface area contributed by atoms with Gasteiger partial charge < -0.3 is 42.7 Å². The molecule has 0 heterocycles. The Morgan fingerprint density at radius 1 is 0.824 bits per heavy atom. The first kappa shape index (κ1) is 30.7. The van der Waals surface area contributed by atoms with Gasteiger partial charge in [0.1, 0.15) is 18.1 Å². The first-order valence-electron chi connectivity index (χ1n) is 10.8. The van der Waals surface area contributed by atoms with Crippen molar-refractivity contribution in [2.75, 3.05) is 0 Å². The Hall–Kier alpha value is -3.26. The summed E-state index contributed by atoms with van der Waals surface area (Å²) in [7, 11) is 0. The molecule has 6 atom stereocenters. The summed E-state index contributed by atoms with van der Waals surface area (Å²) in [5.74, 6) is -6.51. The minimum Gasteiger partial charge on any atom is -0.481 e. The maximum Gasteiger partial charge on any atom is 0.326 e. The number of carboxylic acids is 2. The maximum atomic E-state index is 12.8. The Morgan fingerprint density at radius 3 is 1.82 bits per heavy atom. The van der Waals surface area contributed by atoms with Crippen LogP contribution in [0.3, 0.4) is 0 Å². The number of amides is 4. The van der Waals surface area contributed by atoms with E-state index in [0.29, 0.717) is 6.42 Å². The molecule has 0 rings (SSSR count). The normalized spacial score (nSPS) is 16.1. The first-order valence-corrected chi connectivity index (χ1v) is 10.8. The van der Waals surface area contributed by atoms with Crippen LogP contribution in [0.4, 0.5) is 0 Å². The van der Waals surface area contributed by atoms with E-state index in [1.165, 1.54) is 6.92 Å². The van der Waals surface area contributed by atoms with Crippen LogP contribution in [0.15, 0.2) is 0 Å². The second kappa shape index (κ2) is 14.8. The van der Waals surface area contributed by atoms with Crippen molar-refractivity contribution in [3.63, 3.8) is 0 Å². The lowest BCUT2D eigenvalue weighted by atomic mass is 9.98. The number of aliphatic hydroxyl groups excluding tert-OH is 1. The van der Waals surface area contributed by atoms with Crippen LogP contribution in [-0.4, -0.2) is 81.2 Å². The van der Waals surface area contributed by atoms with Gasteiger partial charge in [-0.15, -0.1) is 0 Å². The van der Waals surface area contributed by atoms with E-state index in [4.69, 9.17) is 16.6 Å². The summed E-state index contributed by atoms with van der Waals surface area (Å²) in [5.41, 5.74) is 10.7. The molecular formula is C20H35N5O9. The fourth-order valence-corrected chi connectivity index (χ4v) is 2.83. The van der Waals surface area contributed by atoms with Gasteiger partial charge in [-0.05, 0) is 25.7 Å². The SMILES string of the molecule is CCC(C)C(NC(=O)C(NC(=O)C(CCC(=O)O)NC(=O)C(N)CCC(N)=O)C(C)O)C(=O)O. The lowest BCUT2D eigenvalue weighted by Crippen LogP contribution is -2.60. The van der Waals surface area contributed by atoms with Gasteiger partial charge in [-0.1, -0.05) is 20.3 Å². The molecular weight excluding hydrogens is 454 g/mol. The largest absolute Gasteiger partial charge is 0.481 e. The van der Waals surface area contributed by atoms with Crippen LogP contribution in [0.5, 0.6) is 0 Å². The van der Waals surface area contributed by atoms with Crippen LogP contribution in [0.25, 0.3) is 0 Å². The molecule has 0 aliphatic heterocycles. The molecule has 0 aromatic carbocycles. The number of hydrogen-bond donors (Lipinski definition) is 8. The van der Waals surface area contributed by atoms with Gasteiger partial charge in [0.25, 0.3) is 0 Å². The van der Waals surface area contributed by atoms with Crippen LogP contribution in [-0.2, 0) is 28.8 Å². The van der Waals surface area contributed by atoms with Crippen LogP contribution < -0.4 is 27.4 Å². The van der Waals surface area contributed by atoms with Crippen LogP contribution in [0.1, 0.15) is 52.9 Å². The molecule has 0 spiro atoms. The lowest BCUT2D eigenvalue weighted by Gasteiger charge is -2.27. The van der Waals surface area contributed by atoms with Crippen molar-refractivity contribution in [1.29, 1.82) is 0 Å². The van der Waals surface area contributed by atoms with Crippen molar-refractivity contribution in [3.05, 3.63) is 0 Å². The van der Waals surface area contributed by atoms with Crippen molar-refractivity contribution in [2.45, 2.75) is 83.1 Å². The zero-order chi connectivity index (χ0) is 26.6. The molecule has 4 amide bonds. The molecule has 0 saturated heterocycles. The number of aliphatic carboxylic acids is 2. The molecule has 34 heavy (non-hydrogen) atoms. The summed E-state index contributed by atoms with van der Waals surface area (Å²) < 4.78 is 0. The molecule has 0 aromatic heterocycles. The quantitative estimate of drug-likeness (QED) is 0.112. The van der Waals surface area contributed by atoms with Gasteiger partial charge in [0.05, 0.1) is 12.1 Å². The van der Waals surface area contributed by atoms with Gasteiger partial charge in [0.15, 0.2) is 0 Å². The highest BCUT2D eigenvalue weighted by Gasteiger charge is 2.34. The second-order valence-corrected chi connectivity index (χ2v) is 8.04. The summed E-state index contributed by atoms with van der Waals surface area (Å²) in [4.78, 5) is 71.0. The summed E-state index contributed by atoms with van der Waals surface area (Å²) in [6, 6.07) is -5.52. The van der Waals surface area contributed by atoms with E-state index in [1.807, 2.05) is 0 Å². The zero-order valence-electron chi connectivity index (χ0n) is 19.4. The zero-order valence-corrected chi connectivity index (χ0v) is 19.4. The minimum atomic E-state index is -1.59. The molecule has 6 unspecified atom stereocenters. The summed E-state index contributed by atoms with van der Waals surface area (Å²) in [6.45, 7) is 4.52. The molecule has 14 nitrogen and oxygen atoms in total.